The molecule has 3 rings (SSSR count). The summed E-state index contributed by atoms with van der Waals surface area (Å²) in [5.41, 5.74) is 3.00. The Kier molecular flexibility index (Phi) is 4.63. The highest BCUT2D eigenvalue weighted by Gasteiger charge is 2.08. The van der Waals surface area contributed by atoms with Crippen LogP contribution in [0, 0.1) is 12.3 Å². The number of aliphatic imine (C=N–C) groups is 1. The van der Waals surface area contributed by atoms with Crippen molar-refractivity contribution in [2.45, 2.75) is 13.3 Å². The number of thiazole rings is 1. The monoisotopic (exact) mass is 321 g/mol. The molecule has 3 aromatic rings. The van der Waals surface area contributed by atoms with E-state index in [2.05, 4.69) is 19.9 Å². The smallest absolute Gasteiger partial charge is 0.138 e. The van der Waals surface area contributed by atoms with Crippen molar-refractivity contribution in [3.8, 4) is 10.6 Å². The van der Waals surface area contributed by atoms with Crippen molar-refractivity contribution in [3.63, 3.8) is 0 Å². The average molecular weight is 321 g/mol. The Bertz CT molecular complexity index is 825. The molecular formula is C17H15N5S. The van der Waals surface area contributed by atoms with E-state index >= 15 is 0 Å². The molecule has 0 aliphatic carbocycles. The van der Waals surface area contributed by atoms with Crippen LogP contribution in [0.3, 0.4) is 0 Å². The summed E-state index contributed by atoms with van der Waals surface area (Å²) >= 11 is 1.52. The van der Waals surface area contributed by atoms with E-state index in [4.69, 9.17) is 5.41 Å². The quantitative estimate of drug-likeness (QED) is 0.720. The number of nitrogens with zero attached hydrogens (tertiary/aromatic N) is 4. The first-order valence-electron chi connectivity index (χ1n) is 7.13. The molecule has 0 fully saturated rings. The van der Waals surface area contributed by atoms with Crippen LogP contribution in [0.1, 0.15) is 17.8 Å². The lowest BCUT2D eigenvalue weighted by Gasteiger charge is -1.97. The minimum Gasteiger partial charge on any atom is -0.303 e. The first-order valence-corrected chi connectivity index (χ1v) is 7.95. The Hall–Kier alpha value is -2.73. The van der Waals surface area contributed by atoms with E-state index in [1.54, 1.807) is 24.8 Å². The van der Waals surface area contributed by atoms with Crippen LogP contribution in [-0.2, 0) is 0 Å². The van der Waals surface area contributed by atoms with Gasteiger partial charge in [0.1, 0.15) is 10.0 Å². The molecule has 114 valence electrons. The van der Waals surface area contributed by atoms with Gasteiger partial charge in [0.25, 0.3) is 0 Å². The maximum Gasteiger partial charge on any atom is 0.138 e. The molecule has 0 atom stereocenters. The molecule has 0 amide bonds. The molecule has 6 heteroatoms. The van der Waals surface area contributed by atoms with Crippen molar-refractivity contribution in [1.29, 1.82) is 5.41 Å². The molecule has 0 saturated carbocycles. The zero-order chi connectivity index (χ0) is 16.1. The summed E-state index contributed by atoms with van der Waals surface area (Å²) in [6, 6.07) is 9.42. The molecule has 5 nitrogen and oxygen atoms in total. The number of nitrogens with one attached hydrogen (secondary N) is 1. The van der Waals surface area contributed by atoms with Crippen LogP contribution in [0.4, 0.5) is 5.00 Å². The van der Waals surface area contributed by atoms with Gasteiger partial charge in [0.2, 0.25) is 0 Å². The van der Waals surface area contributed by atoms with Crippen molar-refractivity contribution in [1.82, 2.24) is 15.0 Å². The molecular weight excluding hydrogens is 306 g/mol. The van der Waals surface area contributed by atoms with Crippen molar-refractivity contribution >= 4 is 28.3 Å². The van der Waals surface area contributed by atoms with E-state index in [0.717, 1.165) is 21.3 Å². The average Bonchev–Trinajstić information content (AvgIpc) is 2.97. The third-order valence-corrected chi connectivity index (χ3v) is 4.27. The molecule has 0 aliphatic heterocycles. The largest absolute Gasteiger partial charge is 0.303 e. The second-order valence-corrected chi connectivity index (χ2v) is 5.84. The number of pyridine rings is 2. The van der Waals surface area contributed by atoms with Gasteiger partial charge in [-0.1, -0.05) is 17.4 Å². The Morgan fingerprint density at radius 3 is 2.91 bits per heavy atom. The van der Waals surface area contributed by atoms with Gasteiger partial charge >= 0.3 is 0 Å². The first kappa shape index (κ1) is 15.2. The van der Waals surface area contributed by atoms with E-state index < -0.39 is 0 Å². The maximum absolute atomic E-state index is 8.01. The lowest BCUT2D eigenvalue weighted by molar-refractivity contribution is 1.24. The van der Waals surface area contributed by atoms with Crippen molar-refractivity contribution in [2.75, 3.05) is 0 Å². The molecule has 0 aliphatic rings. The summed E-state index contributed by atoms with van der Waals surface area (Å²) in [6.45, 7) is 1.94. The Morgan fingerprint density at radius 2 is 2.17 bits per heavy atom. The van der Waals surface area contributed by atoms with Gasteiger partial charge in [0, 0.05) is 36.8 Å². The van der Waals surface area contributed by atoms with Gasteiger partial charge in [-0.05, 0) is 31.2 Å². The van der Waals surface area contributed by atoms with E-state index in [1.165, 1.54) is 11.3 Å². The lowest BCUT2D eigenvalue weighted by atomic mass is 10.2. The number of hydrogen-bond acceptors (Lipinski definition) is 6. The predicted molar refractivity (Wildman–Crippen MR) is 93.9 cm³/mol. The predicted octanol–water partition coefficient (Wildman–Crippen LogP) is 4.07. The van der Waals surface area contributed by atoms with E-state index in [9.17, 15) is 0 Å². The van der Waals surface area contributed by atoms with Gasteiger partial charge in [-0.3, -0.25) is 9.97 Å². The molecule has 3 heterocycles. The maximum atomic E-state index is 8.01. The van der Waals surface area contributed by atoms with Crippen LogP contribution in [-0.4, -0.2) is 26.9 Å². The van der Waals surface area contributed by atoms with Gasteiger partial charge in [-0.15, -0.1) is 0 Å². The summed E-state index contributed by atoms with van der Waals surface area (Å²) in [5.74, 6) is 0. The van der Waals surface area contributed by atoms with Crippen LogP contribution >= 0.6 is 11.3 Å². The third-order valence-electron chi connectivity index (χ3n) is 3.16. The van der Waals surface area contributed by atoms with E-state index in [1.807, 2.05) is 37.3 Å². The van der Waals surface area contributed by atoms with E-state index in [-0.39, 0.29) is 0 Å². The Morgan fingerprint density at radius 1 is 1.26 bits per heavy atom. The summed E-state index contributed by atoms with van der Waals surface area (Å²) in [5, 5.41) is 9.78. The molecule has 0 radical (unpaired) electrons. The van der Waals surface area contributed by atoms with Gasteiger partial charge < -0.3 is 5.41 Å². The first-order chi connectivity index (χ1) is 11.2. The van der Waals surface area contributed by atoms with Crippen LogP contribution in [0.25, 0.3) is 10.6 Å². The van der Waals surface area contributed by atoms with Crippen LogP contribution in [0.2, 0.25) is 0 Å². The normalized spacial score (nSPS) is 11.0. The highest BCUT2D eigenvalue weighted by Crippen LogP contribution is 2.33. The highest BCUT2D eigenvalue weighted by molar-refractivity contribution is 7.18. The van der Waals surface area contributed by atoms with Crippen LogP contribution in [0.15, 0.2) is 53.9 Å². The fraction of sp³-hybridized carbons (Fsp3) is 0.118. The molecule has 0 unspecified atom stereocenters. The highest BCUT2D eigenvalue weighted by atomic mass is 32.1. The second-order valence-electron chi connectivity index (χ2n) is 4.86. The third kappa shape index (κ3) is 3.73. The van der Waals surface area contributed by atoms with Crippen molar-refractivity contribution in [3.05, 3.63) is 60.3 Å². The molecule has 0 aromatic carbocycles. The molecule has 3 aromatic heterocycles. The number of rotatable bonds is 5. The number of aromatic nitrogens is 3. The fourth-order valence-corrected chi connectivity index (χ4v) is 2.91. The molecule has 0 spiro atoms. The van der Waals surface area contributed by atoms with E-state index in [0.29, 0.717) is 17.8 Å². The van der Waals surface area contributed by atoms with Gasteiger partial charge in [0.05, 0.1) is 17.1 Å². The topological polar surface area (TPSA) is 74.9 Å². The van der Waals surface area contributed by atoms with Crippen LogP contribution in [0.5, 0.6) is 0 Å². The molecule has 1 N–H and O–H groups in total. The minimum atomic E-state index is 0.441. The summed E-state index contributed by atoms with van der Waals surface area (Å²) in [7, 11) is 0. The minimum absolute atomic E-state index is 0.441. The van der Waals surface area contributed by atoms with Crippen LogP contribution < -0.4 is 0 Å². The van der Waals surface area contributed by atoms with Gasteiger partial charge in [0.15, 0.2) is 0 Å². The van der Waals surface area contributed by atoms with Gasteiger partial charge in [-0.25, -0.2) is 9.98 Å². The van der Waals surface area contributed by atoms with Crippen molar-refractivity contribution < 1.29 is 0 Å². The molecule has 0 saturated heterocycles. The zero-order valence-corrected chi connectivity index (χ0v) is 13.4. The Balaban J connectivity index is 1.71. The summed E-state index contributed by atoms with van der Waals surface area (Å²) in [6.07, 6.45) is 7.41. The standard InChI is InChI=1S/C17H15N5S/c1-12-16(23-17(22-12)13-5-4-8-19-11-13)21-10-7-14(18)15-6-2-3-9-20-15/h2-6,8-11,18H,7H2,1H3. The SMILES string of the molecule is Cc1nc(-c2cccnc2)sc1N=CCC(=N)c1ccccn1. The fourth-order valence-electron chi connectivity index (χ4n) is 1.99. The van der Waals surface area contributed by atoms with Gasteiger partial charge in [-0.2, -0.15) is 0 Å². The Labute approximate surface area is 138 Å². The molecule has 23 heavy (non-hydrogen) atoms. The zero-order valence-electron chi connectivity index (χ0n) is 12.6. The second kappa shape index (κ2) is 7.02. The van der Waals surface area contributed by atoms with Crippen molar-refractivity contribution in [2.24, 2.45) is 4.99 Å². The molecule has 0 bridgehead atoms. The summed E-state index contributed by atoms with van der Waals surface area (Å²) in [4.78, 5) is 17.3. The summed E-state index contributed by atoms with van der Waals surface area (Å²) < 4.78 is 0. The lowest BCUT2D eigenvalue weighted by Crippen LogP contribution is -2.01. The number of hydrogen-bond donors (Lipinski definition) is 1. The number of aryl methyl sites for hydroxylation is 1.